The van der Waals surface area contributed by atoms with E-state index < -0.39 is 0 Å². The summed E-state index contributed by atoms with van der Waals surface area (Å²) in [5.74, 6) is 0. The number of hydrogen-bond acceptors (Lipinski definition) is 2. The maximum absolute atomic E-state index is 11.0. The lowest BCUT2D eigenvalue weighted by Crippen LogP contribution is -2.02. The van der Waals surface area contributed by atoms with Crippen molar-refractivity contribution >= 4 is 17.9 Å². The maximum atomic E-state index is 11.0. The van der Waals surface area contributed by atoms with E-state index in [0.717, 1.165) is 17.5 Å². The second-order valence-electron chi connectivity index (χ2n) is 4.27. The molecular formula is C14H15ClN2O. The molecule has 2 rings (SSSR count). The lowest BCUT2D eigenvalue weighted by Gasteiger charge is -2.04. The first kappa shape index (κ1) is 12.8. The van der Waals surface area contributed by atoms with E-state index in [4.69, 9.17) is 11.6 Å². The SMILES string of the molecule is CCc1nn(Cc2ccc(C)cc2)c(Cl)c1C=O. The van der Waals surface area contributed by atoms with Gasteiger partial charge in [-0.2, -0.15) is 5.10 Å². The Hall–Kier alpha value is -1.61. The number of benzene rings is 1. The van der Waals surface area contributed by atoms with E-state index in [1.165, 1.54) is 5.56 Å². The van der Waals surface area contributed by atoms with Crippen molar-refractivity contribution in [1.82, 2.24) is 9.78 Å². The number of nitrogens with zero attached hydrogens (tertiary/aromatic N) is 2. The molecule has 4 heteroatoms. The van der Waals surface area contributed by atoms with Gasteiger partial charge in [-0.25, -0.2) is 4.68 Å². The van der Waals surface area contributed by atoms with Crippen molar-refractivity contribution in [1.29, 1.82) is 0 Å². The average Bonchev–Trinajstić information content (AvgIpc) is 2.68. The second kappa shape index (κ2) is 5.36. The average molecular weight is 263 g/mol. The summed E-state index contributed by atoms with van der Waals surface area (Å²) in [5.41, 5.74) is 3.59. The lowest BCUT2D eigenvalue weighted by atomic mass is 10.1. The van der Waals surface area contributed by atoms with Crippen molar-refractivity contribution in [2.24, 2.45) is 0 Å². The van der Waals surface area contributed by atoms with E-state index >= 15 is 0 Å². The van der Waals surface area contributed by atoms with E-state index in [9.17, 15) is 4.79 Å². The van der Waals surface area contributed by atoms with Crippen LogP contribution >= 0.6 is 11.6 Å². The molecule has 1 aromatic heterocycles. The van der Waals surface area contributed by atoms with Crippen LogP contribution in [0.1, 0.15) is 34.1 Å². The third-order valence-electron chi connectivity index (χ3n) is 2.91. The van der Waals surface area contributed by atoms with Crippen LogP contribution in [0, 0.1) is 6.92 Å². The van der Waals surface area contributed by atoms with Gasteiger partial charge in [-0.05, 0) is 18.9 Å². The molecule has 0 aliphatic carbocycles. The minimum absolute atomic E-state index is 0.419. The monoisotopic (exact) mass is 262 g/mol. The van der Waals surface area contributed by atoms with Crippen LogP contribution < -0.4 is 0 Å². The molecule has 0 aliphatic rings. The van der Waals surface area contributed by atoms with Gasteiger partial charge in [0, 0.05) is 0 Å². The van der Waals surface area contributed by atoms with Crippen LogP contribution in [0.4, 0.5) is 0 Å². The number of carbonyl (C=O) groups is 1. The molecule has 0 unspecified atom stereocenters. The number of hydrogen-bond donors (Lipinski definition) is 0. The highest BCUT2D eigenvalue weighted by molar-refractivity contribution is 6.32. The van der Waals surface area contributed by atoms with Crippen LogP contribution in [0.25, 0.3) is 0 Å². The van der Waals surface area contributed by atoms with Crippen molar-refractivity contribution in [2.75, 3.05) is 0 Å². The topological polar surface area (TPSA) is 34.9 Å². The molecule has 0 N–H and O–H groups in total. The molecule has 3 nitrogen and oxygen atoms in total. The zero-order valence-electron chi connectivity index (χ0n) is 10.5. The highest BCUT2D eigenvalue weighted by atomic mass is 35.5. The molecule has 0 radical (unpaired) electrons. The molecule has 0 saturated heterocycles. The van der Waals surface area contributed by atoms with Gasteiger partial charge in [0.25, 0.3) is 0 Å². The molecule has 1 aromatic carbocycles. The summed E-state index contributed by atoms with van der Waals surface area (Å²) in [4.78, 5) is 11.0. The van der Waals surface area contributed by atoms with Gasteiger partial charge in [-0.15, -0.1) is 0 Å². The van der Waals surface area contributed by atoms with Crippen LogP contribution in [0.15, 0.2) is 24.3 Å². The van der Waals surface area contributed by atoms with Gasteiger partial charge in [-0.3, -0.25) is 4.79 Å². The molecular weight excluding hydrogens is 248 g/mol. The number of aromatic nitrogens is 2. The molecule has 1 heterocycles. The van der Waals surface area contributed by atoms with Crippen molar-refractivity contribution in [3.05, 3.63) is 51.8 Å². The molecule has 94 valence electrons. The van der Waals surface area contributed by atoms with Crippen LogP contribution in [-0.4, -0.2) is 16.1 Å². The summed E-state index contributed by atoms with van der Waals surface area (Å²) in [6.07, 6.45) is 1.48. The Morgan fingerprint density at radius 1 is 1.33 bits per heavy atom. The first-order valence-corrected chi connectivity index (χ1v) is 6.29. The van der Waals surface area contributed by atoms with E-state index in [-0.39, 0.29) is 0 Å². The number of aldehydes is 1. The predicted molar refractivity (Wildman–Crippen MR) is 72.3 cm³/mol. The molecule has 0 saturated carbocycles. The Kier molecular flexibility index (Phi) is 3.82. The van der Waals surface area contributed by atoms with Gasteiger partial charge in [-0.1, -0.05) is 48.4 Å². The largest absolute Gasteiger partial charge is 0.298 e. The van der Waals surface area contributed by atoms with Crippen LogP contribution in [0.5, 0.6) is 0 Å². The van der Waals surface area contributed by atoms with Gasteiger partial charge in [0.2, 0.25) is 0 Å². The quantitative estimate of drug-likeness (QED) is 0.793. The Balaban J connectivity index is 2.31. The fraction of sp³-hybridized carbons (Fsp3) is 0.286. The summed E-state index contributed by atoms with van der Waals surface area (Å²) >= 11 is 6.16. The van der Waals surface area contributed by atoms with Gasteiger partial charge >= 0.3 is 0 Å². The normalized spacial score (nSPS) is 10.6. The van der Waals surface area contributed by atoms with E-state index in [2.05, 4.69) is 5.10 Å². The van der Waals surface area contributed by atoms with E-state index in [0.29, 0.717) is 23.7 Å². The summed E-state index contributed by atoms with van der Waals surface area (Å²) in [6, 6.07) is 8.18. The van der Waals surface area contributed by atoms with Crippen molar-refractivity contribution < 1.29 is 4.79 Å². The van der Waals surface area contributed by atoms with E-state index in [1.54, 1.807) is 4.68 Å². The molecule has 0 aliphatic heterocycles. The molecule has 0 atom stereocenters. The van der Waals surface area contributed by atoms with E-state index in [1.807, 2.05) is 38.1 Å². The van der Waals surface area contributed by atoms with Gasteiger partial charge in [0.05, 0.1) is 17.8 Å². The Morgan fingerprint density at radius 3 is 2.50 bits per heavy atom. The number of halogens is 1. The fourth-order valence-corrected chi connectivity index (χ4v) is 2.10. The molecule has 0 fully saturated rings. The Labute approximate surface area is 111 Å². The van der Waals surface area contributed by atoms with Crippen LogP contribution in [0.2, 0.25) is 5.15 Å². The first-order valence-electron chi connectivity index (χ1n) is 5.91. The van der Waals surface area contributed by atoms with Gasteiger partial charge in [0.1, 0.15) is 5.15 Å². The van der Waals surface area contributed by atoms with Gasteiger partial charge < -0.3 is 0 Å². The van der Waals surface area contributed by atoms with Crippen molar-refractivity contribution in [3.63, 3.8) is 0 Å². The van der Waals surface area contributed by atoms with Crippen LogP contribution in [-0.2, 0) is 13.0 Å². The Bertz CT molecular complexity index is 558. The molecule has 0 spiro atoms. The summed E-state index contributed by atoms with van der Waals surface area (Å²) in [6.45, 7) is 4.59. The number of rotatable bonds is 4. The third kappa shape index (κ3) is 2.46. The number of aryl methyl sites for hydroxylation is 2. The Morgan fingerprint density at radius 2 is 2.00 bits per heavy atom. The zero-order chi connectivity index (χ0) is 13.1. The molecule has 18 heavy (non-hydrogen) atoms. The molecule has 2 aromatic rings. The van der Waals surface area contributed by atoms with Gasteiger partial charge in [0.15, 0.2) is 6.29 Å². The summed E-state index contributed by atoms with van der Waals surface area (Å²) < 4.78 is 1.68. The second-order valence-corrected chi connectivity index (χ2v) is 4.62. The number of carbonyl (C=O) groups excluding carboxylic acids is 1. The summed E-state index contributed by atoms with van der Waals surface area (Å²) in [7, 11) is 0. The predicted octanol–water partition coefficient (Wildman–Crippen LogP) is 3.27. The minimum Gasteiger partial charge on any atom is -0.298 e. The zero-order valence-corrected chi connectivity index (χ0v) is 11.2. The standard InChI is InChI=1S/C14H15ClN2O/c1-3-13-12(9-18)14(15)17(16-13)8-11-6-4-10(2)5-7-11/h4-7,9H,3,8H2,1-2H3. The van der Waals surface area contributed by atoms with Crippen LogP contribution in [0.3, 0.4) is 0 Å². The summed E-state index contributed by atoms with van der Waals surface area (Å²) in [5, 5.41) is 4.79. The minimum atomic E-state index is 0.419. The van der Waals surface area contributed by atoms with Crippen molar-refractivity contribution in [3.8, 4) is 0 Å². The lowest BCUT2D eigenvalue weighted by molar-refractivity contribution is 0.112. The highest BCUT2D eigenvalue weighted by Gasteiger charge is 2.14. The maximum Gasteiger partial charge on any atom is 0.155 e. The third-order valence-corrected chi connectivity index (χ3v) is 3.31. The molecule has 0 bridgehead atoms. The smallest absolute Gasteiger partial charge is 0.155 e. The first-order chi connectivity index (χ1) is 8.65. The fourth-order valence-electron chi connectivity index (χ4n) is 1.85. The van der Waals surface area contributed by atoms with Crippen molar-refractivity contribution in [2.45, 2.75) is 26.8 Å². The molecule has 0 amide bonds. The highest BCUT2D eigenvalue weighted by Crippen LogP contribution is 2.20.